The molecule has 0 aliphatic heterocycles. The zero-order valence-corrected chi connectivity index (χ0v) is 13.0. The number of thioether (sulfide) groups is 1. The van der Waals surface area contributed by atoms with Crippen molar-refractivity contribution >= 4 is 33.3 Å². The van der Waals surface area contributed by atoms with E-state index >= 15 is 0 Å². The van der Waals surface area contributed by atoms with Crippen molar-refractivity contribution in [3.63, 3.8) is 0 Å². The minimum atomic E-state index is -0.217. The number of aryl methyl sites for hydroxylation is 1. The molecule has 0 bridgehead atoms. The van der Waals surface area contributed by atoms with Gasteiger partial charge in [0.05, 0.1) is 16.7 Å². The molecule has 3 rings (SSSR count). The summed E-state index contributed by atoms with van der Waals surface area (Å²) in [5, 5.41) is 9.95. The van der Waals surface area contributed by atoms with Crippen LogP contribution >= 0.6 is 23.1 Å². The van der Waals surface area contributed by atoms with Crippen molar-refractivity contribution in [2.45, 2.75) is 43.5 Å². The molecule has 0 spiro atoms. The van der Waals surface area contributed by atoms with E-state index in [4.69, 9.17) is 5.26 Å². The van der Waals surface area contributed by atoms with E-state index in [1.807, 2.05) is 0 Å². The monoisotopic (exact) mass is 305 g/mol. The van der Waals surface area contributed by atoms with Gasteiger partial charge in [-0.05, 0) is 37.7 Å². The molecule has 0 fully saturated rings. The number of aromatic amines is 1. The summed E-state index contributed by atoms with van der Waals surface area (Å²) in [5.74, 6) is 0.683. The predicted molar refractivity (Wildman–Crippen MR) is 82.4 cm³/mol. The lowest BCUT2D eigenvalue weighted by Gasteiger charge is -2.17. The first-order valence-corrected chi connectivity index (χ1v) is 8.39. The SMILES string of the molecule is C[C@@H]1CCc2c(sc3nc(S[C@H](C)C#N)[nH]c(=O)c23)C1. The molecular weight excluding hydrogens is 290 g/mol. The Hall–Kier alpha value is -1.32. The number of thiophene rings is 1. The van der Waals surface area contributed by atoms with Crippen molar-refractivity contribution in [3.8, 4) is 6.07 Å². The highest BCUT2D eigenvalue weighted by Crippen LogP contribution is 2.36. The number of nitrogens with zero attached hydrogens (tertiary/aromatic N) is 2. The van der Waals surface area contributed by atoms with E-state index in [-0.39, 0.29) is 10.8 Å². The molecule has 20 heavy (non-hydrogen) atoms. The molecule has 0 amide bonds. The average molecular weight is 305 g/mol. The molecule has 1 aliphatic rings. The minimum Gasteiger partial charge on any atom is -0.301 e. The Morgan fingerprint density at radius 2 is 2.40 bits per heavy atom. The second kappa shape index (κ2) is 5.23. The molecule has 2 heterocycles. The third kappa shape index (κ3) is 2.36. The van der Waals surface area contributed by atoms with Crippen LogP contribution in [-0.2, 0) is 12.8 Å². The van der Waals surface area contributed by atoms with Gasteiger partial charge in [0, 0.05) is 4.88 Å². The van der Waals surface area contributed by atoms with Crippen molar-refractivity contribution in [3.05, 3.63) is 20.8 Å². The van der Waals surface area contributed by atoms with Crippen LogP contribution < -0.4 is 5.56 Å². The Balaban J connectivity index is 2.10. The van der Waals surface area contributed by atoms with Crippen LogP contribution in [-0.4, -0.2) is 15.2 Å². The van der Waals surface area contributed by atoms with E-state index in [9.17, 15) is 4.79 Å². The van der Waals surface area contributed by atoms with Gasteiger partial charge in [-0.3, -0.25) is 4.79 Å². The Morgan fingerprint density at radius 1 is 1.60 bits per heavy atom. The van der Waals surface area contributed by atoms with Gasteiger partial charge in [0.25, 0.3) is 5.56 Å². The largest absolute Gasteiger partial charge is 0.301 e. The fraction of sp³-hybridized carbons (Fsp3) is 0.500. The smallest absolute Gasteiger partial charge is 0.260 e. The lowest BCUT2D eigenvalue weighted by Crippen LogP contribution is -2.13. The third-order valence-corrected chi connectivity index (χ3v) is 5.64. The average Bonchev–Trinajstić information content (AvgIpc) is 2.75. The second-order valence-corrected chi connectivity index (χ2v) is 7.71. The topological polar surface area (TPSA) is 69.5 Å². The first-order chi connectivity index (χ1) is 9.58. The summed E-state index contributed by atoms with van der Waals surface area (Å²) < 4.78 is 0. The lowest BCUT2D eigenvalue weighted by molar-refractivity contribution is 0.509. The summed E-state index contributed by atoms with van der Waals surface area (Å²) in [6.45, 7) is 4.05. The highest BCUT2D eigenvalue weighted by molar-refractivity contribution is 8.00. The van der Waals surface area contributed by atoms with Crippen LogP contribution in [0.15, 0.2) is 9.95 Å². The van der Waals surface area contributed by atoms with Crippen LogP contribution in [0.25, 0.3) is 10.2 Å². The summed E-state index contributed by atoms with van der Waals surface area (Å²) in [4.78, 5) is 21.8. The Kier molecular flexibility index (Phi) is 3.57. The number of rotatable bonds is 2. The molecule has 1 N–H and O–H groups in total. The molecule has 1 aliphatic carbocycles. The number of aromatic nitrogens is 2. The quantitative estimate of drug-likeness (QED) is 0.683. The van der Waals surface area contributed by atoms with E-state index < -0.39 is 0 Å². The third-order valence-electron chi connectivity index (χ3n) is 3.61. The summed E-state index contributed by atoms with van der Waals surface area (Å²) >= 11 is 2.94. The number of nitriles is 1. The van der Waals surface area contributed by atoms with Gasteiger partial charge < -0.3 is 4.98 Å². The maximum absolute atomic E-state index is 12.3. The minimum absolute atomic E-state index is 0.0605. The maximum Gasteiger partial charge on any atom is 0.260 e. The number of nitrogens with one attached hydrogen (secondary N) is 1. The van der Waals surface area contributed by atoms with Crippen molar-refractivity contribution in [1.29, 1.82) is 5.26 Å². The fourth-order valence-electron chi connectivity index (χ4n) is 2.58. The fourth-order valence-corrected chi connectivity index (χ4v) is 4.70. The van der Waals surface area contributed by atoms with Gasteiger partial charge in [-0.25, -0.2) is 4.98 Å². The number of hydrogen-bond donors (Lipinski definition) is 1. The first-order valence-electron chi connectivity index (χ1n) is 6.69. The molecule has 2 aromatic rings. The molecule has 0 saturated heterocycles. The zero-order valence-electron chi connectivity index (χ0n) is 11.4. The molecule has 4 nitrogen and oxygen atoms in total. The predicted octanol–water partition coefficient (Wildman–Crippen LogP) is 3.11. The van der Waals surface area contributed by atoms with E-state index in [1.165, 1.54) is 22.2 Å². The molecule has 0 aromatic carbocycles. The van der Waals surface area contributed by atoms with Crippen molar-refractivity contribution < 1.29 is 0 Å². The molecule has 2 aromatic heterocycles. The van der Waals surface area contributed by atoms with Crippen molar-refractivity contribution in [1.82, 2.24) is 9.97 Å². The Morgan fingerprint density at radius 3 is 3.15 bits per heavy atom. The van der Waals surface area contributed by atoms with Gasteiger partial charge >= 0.3 is 0 Å². The highest BCUT2D eigenvalue weighted by atomic mass is 32.2. The first kappa shape index (κ1) is 13.7. The molecular formula is C14H15N3OS2. The molecule has 104 valence electrons. The van der Waals surface area contributed by atoms with Crippen molar-refractivity contribution in [2.24, 2.45) is 5.92 Å². The lowest BCUT2D eigenvalue weighted by atomic mass is 9.89. The second-order valence-electron chi connectivity index (χ2n) is 5.29. The Labute approximate surface area is 125 Å². The van der Waals surface area contributed by atoms with E-state index in [1.54, 1.807) is 18.3 Å². The van der Waals surface area contributed by atoms with Gasteiger partial charge in [-0.15, -0.1) is 11.3 Å². The number of H-pyrrole nitrogens is 1. The van der Waals surface area contributed by atoms with Gasteiger partial charge in [-0.1, -0.05) is 18.7 Å². The van der Waals surface area contributed by atoms with Crippen LogP contribution in [0.5, 0.6) is 0 Å². The molecule has 2 atom stereocenters. The standard InChI is InChI=1S/C14H15N3OS2/c1-7-3-4-9-10(5-7)20-13-11(9)12(18)16-14(17-13)19-8(2)6-15/h7-8H,3-5H2,1-2H3,(H,16,17,18)/t7-,8-/m1/s1. The van der Waals surface area contributed by atoms with E-state index in [2.05, 4.69) is 23.0 Å². The molecule has 6 heteroatoms. The number of hydrogen-bond acceptors (Lipinski definition) is 5. The summed E-state index contributed by atoms with van der Waals surface area (Å²) in [5.41, 5.74) is 1.14. The summed E-state index contributed by atoms with van der Waals surface area (Å²) in [7, 11) is 0. The maximum atomic E-state index is 12.3. The van der Waals surface area contributed by atoms with Crippen LogP contribution in [0, 0.1) is 17.2 Å². The Bertz CT molecular complexity index is 756. The zero-order chi connectivity index (χ0) is 14.3. The van der Waals surface area contributed by atoms with Gasteiger partial charge in [0.15, 0.2) is 5.16 Å². The van der Waals surface area contributed by atoms with Crippen LogP contribution in [0.4, 0.5) is 0 Å². The summed E-state index contributed by atoms with van der Waals surface area (Å²) in [6.07, 6.45) is 3.16. The molecule has 0 radical (unpaired) electrons. The molecule has 0 saturated carbocycles. The highest BCUT2D eigenvalue weighted by Gasteiger charge is 2.23. The van der Waals surface area contributed by atoms with Crippen LogP contribution in [0.2, 0.25) is 0 Å². The van der Waals surface area contributed by atoms with Crippen molar-refractivity contribution in [2.75, 3.05) is 0 Å². The normalized spacial score (nSPS) is 19.6. The van der Waals surface area contributed by atoms with Crippen LogP contribution in [0.1, 0.15) is 30.7 Å². The number of fused-ring (bicyclic) bond motifs is 3. The van der Waals surface area contributed by atoms with Gasteiger partial charge in [0.1, 0.15) is 4.83 Å². The van der Waals surface area contributed by atoms with Gasteiger partial charge in [0.2, 0.25) is 0 Å². The van der Waals surface area contributed by atoms with Gasteiger partial charge in [-0.2, -0.15) is 5.26 Å². The van der Waals surface area contributed by atoms with E-state index in [0.717, 1.165) is 29.5 Å². The van der Waals surface area contributed by atoms with Crippen LogP contribution in [0.3, 0.4) is 0 Å². The molecule has 0 unspecified atom stereocenters. The summed E-state index contributed by atoms with van der Waals surface area (Å²) in [6, 6.07) is 2.14. The van der Waals surface area contributed by atoms with E-state index in [0.29, 0.717) is 11.1 Å².